The molecule has 2 rings (SSSR count). The highest BCUT2D eigenvalue weighted by Gasteiger charge is 2.17. The lowest BCUT2D eigenvalue weighted by molar-refractivity contribution is 0.00696. The molecule has 0 amide bonds. The van der Waals surface area contributed by atoms with Crippen molar-refractivity contribution >= 4 is 11.7 Å². The molecule has 2 aromatic rings. The fraction of sp³-hybridized carbons (Fsp3) is 0.250. The number of nitrogens with zero attached hydrogens (tertiary/aromatic N) is 1. The van der Waals surface area contributed by atoms with Crippen molar-refractivity contribution in [1.82, 2.24) is 4.98 Å². The molecule has 0 fully saturated rings. The highest BCUT2D eigenvalue weighted by atomic mass is 16.6. The summed E-state index contributed by atoms with van der Waals surface area (Å²) in [5.41, 5.74) is 8.01. The van der Waals surface area contributed by atoms with Crippen LogP contribution < -0.4 is 5.73 Å². The largest absolute Gasteiger partial charge is 0.456 e. The van der Waals surface area contributed by atoms with Crippen LogP contribution in [0.5, 0.6) is 0 Å². The molecule has 0 aliphatic heterocycles. The zero-order chi connectivity index (χ0) is 14.8. The van der Waals surface area contributed by atoms with E-state index < -0.39 is 5.60 Å². The van der Waals surface area contributed by atoms with Crippen LogP contribution in [0.15, 0.2) is 42.6 Å². The summed E-state index contributed by atoms with van der Waals surface area (Å²) >= 11 is 0. The van der Waals surface area contributed by atoms with E-state index in [-0.39, 0.29) is 5.97 Å². The first-order valence-electron chi connectivity index (χ1n) is 6.40. The fourth-order valence-electron chi connectivity index (χ4n) is 1.69. The first kappa shape index (κ1) is 14.1. The summed E-state index contributed by atoms with van der Waals surface area (Å²) in [7, 11) is 0. The molecule has 0 saturated carbocycles. The van der Waals surface area contributed by atoms with E-state index in [4.69, 9.17) is 10.5 Å². The van der Waals surface area contributed by atoms with Gasteiger partial charge in [0.1, 0.15) is 5.60 Å². The van der Waals surface area contributed by atoms with Gasteiger partial charge in [0.15, 0.2) is 0 Å². The second-order valence-electron chi connectivity index (χ2n) is 5.56. The van der Waals surface area contributed by atoms with E-state index in [0.717, 1.165) is 11.3 Å². The van der Waals surface area contributed by atoms with Crippen molar-refractivity contribution in [2.75, 3.05) is 5.73 Å². The zero-order valence-corrected chi connectivity index (χ0v) is 11.9. The topological polar surface area (TPSA) is 65.2 Å². The summed E-state index contributed by atoms with van der Waals surface area (Å²) in [6.45, 7) is 5.53. The Labute approximate surface area is 118 Å². The summed E-state index contributed by atoms with van der Waals surface area (Å²) in [6, 6.07) is 10.8. The van der Waals surface area contributed by atoms with Gasteiger partial charge in [-0.1, -0.05) is 12.1 Å². The van der Waals surface area contributed by atoms with Crippen molar-refractivity contribution in [2.45, 2.75) is 26.4 Å². The lowest BCUT2D eigenvalue weighted by Crippen LogP contribution is -2.23. The van der Waals surface area contributed by atoms with Crippen LogP contribution in [-0.4, -0.2) is 16.6 Å². The van der Waals surface area contributed by atoms with Crippen molar-refractivity contribution in [2.24, 2.45) is 0 Å². The molecular formula is C16H18N2O2. The van der Waals surface area contributed by atoms with Crippen LogP contribution >= 0.6 is 0 Å². The van der Waals surface area contributed by atoms with Gasteiger partial charge in [-0.15, -0.1) is 0 Å². The minimum absolute atomic E-state index is 0.325. The molecule has 0 radical (unpaired) electrons. The molecule has 1 heterocycles. The molecule has 1 aromatic carbocycles. The van der Waals surface area contributed by atoms with Gasteiger partial charge in [-0.25, -0.2) is 4.79 Å². The maximum atomic E-state index is 11.9. The standard InChI is InChI=1S/C16H18N2O2/c1-16(2,3)20-15(19)12-6-4-11(5-7-12)14-9-8-13(17)10-18-14/h4-10H,17H2,1-3H3. The Morgan fingerprint density at radius 3 is 2.25 bits per heavy atom. The predicted molar refractivity (Wildman–Crippen MR) is 79.3 cm³/mol. The van der Waals surface area contributed by atoms with Gasteiger partial charge >= 0.3 is 5.97 Å². The first-order chi connectivity index (χ1) is 9.35. The smallest absolute Gasteiger partial charge is 0.338 e. The monoisotopic (exact) mass is 270 g/mol. The Kier molecular flexibility index (Phi) is 3.74. The number of pyridine rings is 1. The van der Waals surface area contributed by atoms with Crippen molar-refractivity contribution in [3.63, 3.8) is 0 Å². The van der Waals surface area contributed by atoms with Gasteiger partial charge in [0, 0.05) is 5.56 Å². The first-order valence-corrected chi connectivity index (χ1v) is 6.40. The summed E-state index contributed by atoms with van der Waals surface area (Å²) in [5.74, 6) is -0.325. The third-order valence-electron chi connectivity index (χ3n) is 2.60. The van der Waals surface area contributed by atoms with Crippen LogP contribution in [-0.2, 0) is 4.74 Å². The van der Waals surface area contributed by atoms with Gasteiger partial charge in [0.2, 0.25) is 0 Å². The molecule has 4 heteroatoms. The Bertz CT molecular complexity index is 596. The number of hydrogen-bond donors (Lipinski definition) is 1. The summed E-state index contributed by atoms with van der Waals surface area (Å²) in [5, 5.41) is 0. The van der Waals surface area contributed by atoms with Gasteiger partial charge in [0.25, 0.3) is 0 Å². The van der Waals surface area contributed by atoms with Crippen LogP contribution in [0, 0.1) is 0 Å². The maximum Gasteiger partial charge on any atom is 0.338 e. The van der Waals surface area contributed by atoms with E-state index in [2.05, 4.69) is 4.98 Å². The average Bonchev–Trinajstić information content (AvgIpc) is 2.38. The Balaban J connectivity index is 2.18. The number of anilines is 1. The number of nitrogen functional groups attached to an aromatic ring is 1. The van der Waals surface area contributed by atoms with E-state index in [9.17, 15) is 4.79 Å². The molecule has 2 N–H and O–H groups in total. The molecule has 0 saturated heterocycles. The number of aromatic nitrogens is 1. The summed E-state index contributed by atoms with van der Waals surface area (Å²) < 4.78 is 5.31. The van der Waals surface area contributed by atoms with E-state index >= 15 is 0 Å². The van der Waals surface area contributed by atoms with Crippen molar-refractivity contribution in [1.29, 1.82) is 0 Å². The number of ether oxygens (including phenoxy) is 1. The van der Waals surface area contributed by atoms with Gasteiger partial charge < -0.3 is 10.5 Å². The normalized spacial score (nSPS) is 11.2. The van der Waals surface area contributed by atoms with Crippen LogP contribution in [0.1, 0.15) is 31.1 Å². The number of benzene rings is 1. The maximum absolute atomic E-state index is 11.9. The SMILES string of the molecule is CC(C)(C)OC(=O)c1ccc(-c2ccc(N)cn2)cc1. The zero-order valence-electron chi connectivity index (χ0n) is 11.9. The quantitative estimate of drug-likeness (QED) is 0.850. The Morgan fingerprint density at radius 1 is 1.10 bits per heavy atom. The minimum atomic E-state index is -0.492. The molecule has 1 aromatic heterocycles. The molecule has 0 atom stereocenters. The summed E-state index contributed by atoms with van der Waals surface area (Å²) in [6.07, 6.45) is 1.61. The number of rotatable bonds is 2. The molecule has 0 spiro atoms. The number of hydrogen-bond acceptors (Lipinski definition) is 4. The van der Waals surface area contributed by atoms with Crippen molar-refractivity contribution in [3.05, 3.63) is 48.2 Å². The predicted octanol–water partition coefficient (Wildman–Crippen LogP) is 3.29. The highest BCUT2D eigenvalue weighted by Crippen LogP contribution is 2.19. The van der Waals surface area contributed by atoms with Crippen molar-refractivity contribution < 1.29 is 9.53 Å². The Morgan fingerprint density at radius 2 is 1.75 bits per heavy atom. The molecular weight excluding hydrogens is 252 g/mol. The Hall–Kier alpha value is -2.36. The number of nitrogens with two attached hydrogens (primary N) is 1. The molecule has 20 heavy (non-hydrogen) atoms. The highest BCUT2D eigenvalue weighted by molar-refractivity contribution is 5.90. The van der Waals surface area contributed by atoms with Gasteiger partial charge in [-0.3, -0.25) is 4.98 Å². The molecule has 4 nitrogen and oxygen atoms in total. The van der Waals surface area contributed by atoms with Crippen LogP contribution in [0.4, 0.5) is 5.69 Å². The summed E-state index contributed by atoms with van der Waals surface area (Å²) in [4.78, 5) is 16.1. The lowest BCUT2D eigenvalue weighted by Gasteiger charge is -2.19. The average molecular weight is 270 g/mol. The van der Waals surface area contributed by atoms with E-state index in [1.807, 2.05) is 39.0 Å². The minimum Gasteiger partial charge on any atom is -0.456 e. The number of carbonyl (C=O) groups is 1. The van der Waals surface area contributed by atoms with Gasteiger partial charge in [-0.2, -0.15) is 0 Å². The second kappa shape index (κ2) is 5.33. The van der Waals surface area contributed by atoms with E-state index in [0.29, 0.717) is 11.3 Å². The van der Waals surface area contributed by atoms with Crippen molar-refractivity contribution in [3.8, 4) is 11.3 Å². The van der Waals surface area contributed by atoms with Crippen LogP contribution in [0.3, 0.4) is 0 Å². The molecule has 104 valence electrons. The molecule has 0 aliphatic rings. The third kappa shape index (κ3) is 3.57. The second-order valence-corrected chi connectivity index (χ2v) is 5.56. The third-order valence-corrected chi connectivity index (χ3v) is 2.60. The van der Waals surface area contributed by atoms with Crippen LogP contribution in [0.25, 0.3) is 11.3 Å². The van der Waals surface area contributed by atoms with E-state index in [1.54, 1.807) is 24.4 Å². The molecule has 0 unspecified atom stereocenters. The lowest BCUT2D eigenvalue weighted by atomic mass is 10.1. The fourth-order valence-corrected chi connectivity index (χ4v) is 1.69. The number of carbonyl (C=O) groups excluding carboxylic acids is 1. The van der Waals surface area contributed by atoms with Crippen LogP contribution in [0.2, 0.25) is 0 Å². The molecule has 0 bridgehead atoms. The van der Waals surface area contributed by atoms with Gasteiger partial charge in [-0.05, 0) is 45.0 Å². The molecule has 0 aliphatic carbocycles. The van der Waals surface area contributed by atoms with Gasteiger partial charge in [0.05, 0.1) is 23.1 Å². The number of esters is 1. The van der Waals surface area contributed by atoms with E-state index in [1.165, 1.54) is 0 Å².